The molecule has 17 heteroatoms. The minimum absolute atomic E-state index is 0.00500. The molecule has 1 saturated heterocycles. The molecule has 6 rings (SSSR count). The molecule has 4 N–H and O–H groups in total. The molecule has 0 radical (unpaired) electrons. The molecule has 1 amide bonds. The molecular weight excluding hydrogens is 763 g/mol. The van der Waals surface area contributed by atoms with Gasteiger partial charge in [-0.2, -0.15) is 0 Å². The number of benzene rings is 1. The van der Waals surface area contributed by atoms with Crippen LogP contribution in [0.15, 0.2) is 48.1 Å². The number of esters is 1. The molecule has 3 saturated carbocycles. The highest BCUT2D eigenvalue weighted by Crippen LogP contribution is 2.73. The number of halogens is 1. The van der Waals surface area contributed by atoms with Gasteiger partial charge in [-0.05, 0) is 94.6 Å². The van der Waals surface area contributed by atoms with Crippen molar-refractivity contribution in [2.24, 2.45) is 28.6 Å². The lowest BCUT2D eigenvalue weighted by atomic mass is 9.43. The lowest BCUT2D eigenvalue weighted by Gasteiger charge is -2.63. The van der Waals surface area contributed by atoms with Gasteiger partial charge >= 0.3 is 12.1 Å². The maximum absolute atomic E-state index is 17.9. The summed E-state index contributed by atoms with van der Waals surface area (Å²) in [6.07, 6.45) is 2.12. The van der Waals surface area contributed by atoms with Gasteiger partial charge in [0.15, 0.2) is 29.4 Å². The fraction of sp³-hybridized carbons (Fsp3) is 0.634. The van der Waals surface area contributed by atoms with Crippen LogP contribution in [0.1, 0.15) is 79.2 Å². The topological polar surface area (TPSA) is 217 Å². The fourth-order valence-electron chi connectivity index (χ4n) is 10.5. The van der Waals surface area contributed by atoms with Crippen LogP contribution in [0, 0.1) is 28.6 Å². The van der Waals surface area contributed by atoms with E-state index in [2.05, 4.69) is 10.2 Å². The SMILES string of the molecule is CC(=O)NC(Cc1ccc(OC(=O)OCC(=O)[C@@]23OC(C)(C)O[C@@H]2CC2C4C[C@H](C)C5=CC(=O)C=C[C@]5(C)[C@@]4(F)[C@@H](O)C[C@@]23C)cc1)C(=O)OCCCCON(O)O. The molecule has 10 atom stereocenters. The van der Waals surface area contributed by atoms with Crippen LogP contribution in [0.25, 0.3) is 0 Å². The standard InChI is InChI=1S/C41H53FN2O14/c1-23-17-30-29-20-34-41(58-37(3,4)57-34,39(29,6)21-32(47)40(30,42)38(5)14-13-26(46)19-28(23)38)33(48)22-54-36(50)56-27-11-9-25(10-12-27)18-31(43-24(2)45)35(49)53-15-7-8-16-55-44(51)52/h9-14,19,23,29-32,34,47,51-52H,7-8,15-18,20-22H2,1-6H3,(H,43,45)/t23-,29?,30?,31?,32-,34+,38-,39-,40-,41+/m0/s1. The predicted molar refractivity (Wildman–Crippen MR) is 197 cm³/mol. The Balaban J connectivity index is 1.10. The molecule has 0 spiro atoms. The first kappa shape index (κ1) is 43.5. The monoisotopic (exact) mass is 816 g/mol. The molecule has 3 unspecified atom stereocenters. The van der Waals surface area contributed by atoms with Crippen molar-refractivity contribution in [3.05, 3.63) is 53.6 Å². The van der Waals surface area contributed by atoms with Crippen LogP contribution >= 0.6 is 0 Å². The Morgan fingerprint density at radius 1 is 1.02 bits per heavy atom. The van der Waals surface area contributed by atoms with Gasteiger partial charge in [0.2, 0.25) is 11.7 Å². The van der Waals surface area contributed by atoms with Crippen molar-refractivity contribution in [1.82, 2.24) is 10.7 Å². The van der Waals surface area contributed by atoms with Crippen LogP contribution in [0.3, 0.4) is 0 Å². The van der Waals surface area contributed by atoms with E-state index in [1.807, 2.05) is 13.8 Å². The largest absolute Gasteiger partial charge is 0.514 e. The highest BCUT2D eigenvalue weighted by atomic mass is 19.1. The minimum atomic E-state index is -2.14. The Morgan fingerprint density at radius 2 is 1.71 bits per heavy atom. The molecule has 0 aromatic heterocycles. The van der Waals surface area contributed by atoms with Gasteiger partial charge in [0.25, 0.3) is 0 Å². The van der Waals surface area contributed by atoms with Gasteiger partial charge in [0.1, 0.15) is 11.8 Å². The van der Waals surface area contributed by atoms with Crippen LogP contribution < -0.4 is 10.1 Å². The summed E-state index contributed by atoms with van der Waals surface area (Å²) in [6.45, 7) is 9.34. The second-order valence-corrected chi connectivity index (χ2v) is 17.0. The third kappa shape index (κ3) is 7.73. The van der Waals surface area contributed by atoms with Gasteiger partial charge < -0.3 is 34.1 Å². The number of carbonyl (C=O) groups is 5. The Hall–Kier alpha value is -4.10. The van der Waals surface area contributed by atoms with E-state index in [9.17, 15) is 29.1 Å². The first-order valence-electron chi connectivity index (χ1n) is 19.6. The molecule has 1 heterocycles. The third-order valence-corrected chi connectivity index (χ3v) is 12.9. The van der Waals surface area contributed by atoms with E-state index in [0.717, 1.165) is 0 Å². The molecule has 58 heavy (non-hydrogen) atoms. The maximum atomic E-state index is 17.9. The van der Waals surface area contributed by atoms with Crippen molar-refractivity contribution in [2.45, 2.75) is 115 Å². The molecule has 16 nitrogen and oxygen atoms in total. The Morgan fingerprint density at radius 3 is 2.38 bits per heavy atom. The van der Waals surface area contributed by atoms with Crippen LogP contribution in [-0.4, -0.2) is 106 Å². The van der Waals surface area contributed by atoms with Gasteiger partial charge in [0, 0.05) is 30.1 Å². The van der Waals surface area contributed by atoms with Crippen molar-refractivity contribution in [3.63, 3.8) is 0 Å². The van der Waals surface area contributed by atoms with E-state index < -0.39 is 93.8 Å². The first-order chi connectivity index (χ1) is 27.2. The van der Waals surface area contributed by atoms with Crippen molar-refractivity contribution in [2.75, 3.05) is 19.8 Å². The number of ether oxygens (including phenoxy) is 5. The summed E-state index contributed by atoms with van der Waals surface area (Å²) in [5, 5.41) is 31.1. The van der Waals surface area contributed by atoms with Gasteiger partial charge in [0.05, 0.1) is 30.8 Å². The summed E-state index contributed by atoms with van der Waals surface area (Å²) in [5.41, 5.74) is -4.96. The highest BCUT2D eigenvalue weighted by molar-refractivity contribution is 6.01. The van der Waals surface area contributed by atoms with Crippen molar-refractivity contribution in [3.8, 4) is 5.75 Å². The van der Waals surface area contributed by atoms with E-state index >= 15 is 4.39 Å². The molecule has 1 aromatic rings. The molecule has 1 aliphatic heterocycles. The number of alkyl halides is 1. The van der Waals surface area contributed by atoms with E-state index in [0.29, 0.717) is 30.4 Å². The highest BCUT2D eigenvalue weighted by Gasteiger charge is 2.80. The summed E-state index contributed by atoms with van der Waals surface area (Å²) < 4.78 is 46.7. The number of allylic oxidation sites excluding steroid dienone is 4. The molecular formula is C41H53FN2O14. The summed E-state index contributed by atoms with van der Waals surface area (Å²) in [5.74, 6) is -4.47. The Labute approximate surface area is 335 Å². The zero-order valence-electron chi connectivity index (χ0n) is 33.5. The molecule has 0 bridgehead atoms. The average Bonchev–Trinajstić information content (AvgIpc) is 3.55. The normalized spacial score (nSPS) is 34.8. The van der Waals surface area contributed by atoms with Gasteiger partial charge in [-0.1, -0.05) is 37.6 Å². The number of fused-ring (bicyclic) bond motifs is 7. The Kier molecular flexibility index (Phi) is 12.1. The number of hydrogen-bond acceptors (Lipinski definition) is 15. The van der Waals surface area contributed by atoms with Gasteiger partial charge in [-0.15, -0.1) is 0 Å². The average molecular weight is 817 g/mol. The molecule has 1 aromatic carbocycles. The quantitative estimate of drug-likeness (QED) is 0.0893. The van der Waals surface area contributed by atoms with E-state index in [4.69, 9.17) is 34.1 Å². The first-order valence-corrected chi connectivity index (χ1v) is 19.6. The number of hydrogen-bond donors (Lipinski definition) is 4. The summed E-state index contributed by atoms with van der Waals surface area (Å²) >= 11 is 0. The number of nitrogens with one attached hydrogen (secondary N) is 1. The second kappa shape index (κ2) is 16.2. The van der Waals surface area contributed by atoms with E-state index in [1.54, 1.807) is 39.0 Å². The van der Waals surface area contributed by atoms with Crippen molar-refractivity contribution >= 4 is 29.6 Å². The van der Waals surface area contributed by atoms with Crippen molar-refractivity contribution in [1.29, 1.82) is 0 Å². The zero-order chi connectivity index (χ0) is 42.4. The van der Waals surface area contributed by atoms with E-state index in [-0.39, 0.29) is 49.9 Å². The van der Waals surface area contributed by atoms with Gasteiger partial charge in [-0.25, -0.2) is 14.0 Å². The number of rotatable bonds is 14. The summed E-state index contributed by atoms with van der Waals surface area (Å²) in [4.78, 5) is 68.7. The fourth-order valence-corrected chi connectivity index (χ4v) is 10.5. The number of nitrogens with zero attached hydrogens (tertiary/aromatic N) is 1. The predicted octanol–water partition coefficient (Wildman–Crippen LogP) is 4.27. The van der Waals surface area contributed by atoms with Gasteiger partial charge in [-0.3, -0.25) is 29.6 Å². The molecule has 4 fully saturated rings. The van der Waals surface area contributed by atoms with Crippen LogP contribution in [0.2, 0.25) is 0 Å². The zero-order valence-corrected chi connectivity index (χ0v) is 33.5. The summed E-state index contributed by atoms with van der Waals surface area (Å²) in [7, 11) is 0. The number of amides is 1. The van der Waals surface area contributed by atoms with E-state index in [1.165, 1.54) is 31.2 Å². The number of carbonyl (C=O) groups excluding carboxylic acids is 5. The Bertz CT molecular complexity index is 1850. The number of aliphatic hydroxyl groups excluding tert-OH is 1. The smallest absolute Gasteiger partial charge is 0.464 e. The molecule has 318 valence electrons. The maximum Gasteiger partial charge on any atom is 0.514 e. The lowest BCUT2D eigenvalue weighted by Crippen LogP contribution is -2.70. The second-order valence-electron chi connectivity index (χ2n) is 17.0. The third-order valence-electron chi connectivity index (χ3n) is 12.9. The summed E-state index contributed by atoms with van der Waals surface area (Å²) in [6, 6.07) is 5.02. The number of Topliss-reactive ketones (excluding diaryl/α,β-unsaturated/α-hetero) is 1. The van der Waals surface area contributed by atoms with Crippen LogP contribution in [-0.2, 0) is 49.4 Å². The number of aliphatic hydroxyl groups is 1. The molecule has 4 aliphatic carbocycles. The van der Waals surface area contributed by atoms with Crippen molar-refractivity contribution < 1.29 is 72.4 Å². The van der Waals surface area contributed by atoms with Crippen LogP contribution in [0.4, 0.5) is 9.18 Å². The van der Waals surface area contributed by atoms with Crippen LogP contribution in [0.5, 0.6) is 5.75 Å². The minimum Gasteiger partial charge on any atom is -0.464 e. The number of ketones is 2. The molecule has 5 aliphatic rings. The number of unbranched alkanes of at least 4 members (excludes halogenated alkanes) is 1. The lowest BCUT2D eigenvalue weighted by molar-refractivity contribution is -0.492.